The summed E-state index contributed by atoms with van der Waals surface area (Å²) in [7, 11) is 1.04. The standard InChI is InChI=1S/C13H19F6NO/c1-3-11(12(14,15)16,13(17,18)19)10(21)20(2)9-7-5-4-6-8-9/h9H,3-8H2,1-2H3. The van der Waals surface area contributed by atoms with Crippen LogP contribution in [0, 0.1) is 5.41 Å². The van der Waals surface area contributed by atoms with Crippen molar-refractivity contribution >= 4 is 5.91 Å². The molecule has 0 radical (unpaired) electrons. The van der Waals surface area contributed by atoms with Gasteiger partial charge in [-0.2, -0.15) is 26.3 Å². The van der Waals surface area contributed by atoms with E-state index in [0.29, 0.717) is 30.6 Å². The van der Waals surface area contributed by atoms with E-state index in [-0.39, 0.29) is 0 Å². The molecule has 1 rings (SSSR count). The summed E-state index contributed by atoms with van der Waals surface area (Å²) in [6, 6.07) is -0.554. The minimum Gasteiger partial charge on any atom is -0.342 e. The zero-order valence-corrected chi connectivity index (χ0v) is 11.9. The van der Waals surface area contributed by atoms with Crippen LogP contribution in [0.2, 0.25) is 0 Å². The van der Waals surface area contributed by atoms with Crippen LogP contribution < -0.4 is 0 Å². The molecule has 0 aromatic heterocycles. The topological polar surface area (TPSA) is 20.3 Å². The lowest BCUT2D eigenvalue weighted by Crippen LogP contribution is -2.61. The van der Waals surface area contributed by atoms with Gasteiger partial charge in [0.15, 0.2) is 0 Å². The second-order valence-corrected chi connectivity index (χ2v) is 5.46. The first kappa shape index (κ1) is 18.1. The maximum absolute atomic E-state index is 13.1. The van der Waals surface area contributed by atoms with E-state index in [1.807, 2.05) is 0 Å². The lowest BCUT2D eigenvalue weighted by atomic mass is 9.80. The summed E-state index contributed by atoms with van der Waals surface area (Å²) in [4.78, 5) is 12.7. The van der Waals surface area contributed by atoms with Crippen molar-refractivity contribution in [1.82, 2.24) is 4.90 Å². The first-order valence-corrected chi connectivity index (χ1v) is 6.89. The summed E-state index contributed by atoms with van der Waals surface area (Å²) in [6.07, 6.45) is -9.50. The van der Waals surface area contributed by atoms with Gasteiger partial charge in [0.1, 0.15) is 0 Å². The number of alkyl halides is 6. The van der Waals surface area contributed by atoms with Gasteiger partial charge in [-0.1, -0.05) is 26.2 Å². The summed E-state index contributed by atoms with van der Waals surface area (Å²) in [5, 5.41) is 0. The largest absolute Gasteiger partial charge is 0.412 e. The van der Waals surface area contributed by atoms with Crippen molar-refractivity contribution in [3.05, 3.63) is 0 Å². The van der Waals surface area contributed by atoms with Gasteiger partial charge in [0.2, 0.25) is 11.3 Å². The van der Waals surface area contributed by atoms with Gasteiger partial charge in [-0.3, -0.25) is 4.79 Å². The third-order valence-corrected chi connectivity index (χ3v) is 4.31. The maximum atomic E-state index is 13.1. The molecule has 0 unspecified atom stereocenters. The Hall–Kier alpha value is -0.950. The van der Waals surface area contributed by atoms with E-state index in [9.17, 15) is 31.1 Å². The molecule has 0 spiro atoms. The molecule has 0 bridgehead atoms. The lowest BCUT2D eigenvalue weighted by Gasteiger charge is -2.41. The molecule has 1 fully saturated rings. The third kappa shape index (κ3) is 3.13. The van der Waals surface area contributed by atoms with E-state index in [2.05, 4.69) is 0 Å². The highest BCUT2D eigenvalue weighted by Gasteiger charge is 2.75. The first-order chi connectivity index (χ1) is 9.49. The Morgan fingerprint density at radius 2 is 1.43 bits per heavy atom. The van der Waals surface area contributed by atoms with Gasteiger partial charge in [0.05, 0.1) is 0 Å². The molecule has 0 atom stereocenters. The molecule has 1 amide bonds. The summed E-state index contributed by atoms with van der Waals surface area (Å²) >= 11 is 0. The van der Waals surface area contributed by atoms with E-state index in [4.69, 9.17) is 0 Å². The number of nitrogens with zero attached hydrogens (tertiary/aromatic N) is 1. The highest BCUT2D eigenvalue weighted by Crippen LogP contribution is 2.53. The van der Waals surface area contributed by atoms with Gasteiger partial charge >= 0.3 is 12.4 Å². The van der Waals surface area contributed by atoms with Crippen molar-refractivity contribution in [3.63, 3.8) is 0 Å². The third-order valence-electron chi connectivity index (χ3n) is 4.31. The number of rotatable bonds is 3. The number of hydrogen-bond donors (Lipinski definition) is 0. The fourth-order valence-corrected chi connectivity index (χ4v) is 2.89. The van der Waals surface area contributed by atoms with Crippen LogP contribution in [0.25, 0.3) is 0 Å². The Morgan fingerprint density at radius 1 is 1.00 bits per heavy atom. The van der Waals surface area contributed by atoms with Crippen LogP contribution in [-0.4, -0.2) is 36.2 Å². The van der Waals surface area contributed by atoms with Crippen molar-refractivity contribution in [3.8, 4) is 0 Å². The second kappa shape index (κ2) is 6.04. The summed E-state index contributed by atoms with van der Waals surface area (Å²) in [6.45, 7) is 0.744. The SMILES string of the molecule is CCC(C(=O)N(C)C1CCCCC1)(C(F)(F)F)C(F)(F)F. The van der Waals surface area contributed by atoms with E-state index in [1.165, 1.54) is 0 Å². The van der Waals surface area contributed by atoms with Crippen LogP contribution in [-0.2, 0) is 4.79 Å². The average Bonchev–Trinajstić information content (AvgIpc) is 2.36. The lowest BCUT2D eigenvalue weighted by molar-refractivity contribution is -0.329. The Balaban J connectivity index is 3.16. The first-order valence-electron chi connectivity index (χ1n) is 6.89. The van der Waals surface area contributed by atoms with Crippen molar-refractivity contribution in [1.29, 1.82) is 0 Å². The van der Waals surface area contributed by atoms with Crippen LogP contribution in [0.5, 0.6) is 0 Å². The van der Waals surface area contributed by atoms with Gasteiger partial charge in [-0.15, -0.1) is 0 Å². The molecule has 0 aromatic carbocycles. The number of hydrogen-bond acceptors (Lipinski definition) is 1. The van der Waals surface area contributed by atoms with Gasteiger partial charge in [-0.05, 0) is 19.3 Å². The number of carbonyl (C=O) groups excluding carboxylic acids is 1. The molecule has 124 valence electrons. The van der Waals surface area contributed by atoms with Crippen LogP contribution in [0.3, 0.4) is 0 Å². The van der Waals surface area contributed by atoms with Crippen molar-refractivity contribution < 1.29 is 31.1 Å². The highest BCUT2D eigenvalue weighted by molar-refractivity contribution is 5.84. The Labute approximate surface area is 119 Å². The number of amides is 1. The van der Waals surface area contributed by atoms with Crippen molar-refractivity contribution in [2.45, 2.75) is 63.8 Å². The van der Waals surface area contributed by atoms with Crippen LogP contribution in [0.15, 0.2) is 0 Å². The van der Waals surface area contributed by atoms with E-state index in [1.54, 1.807) is 0 Å². The fourth-order valence-electron chi connectivity index (χ4n) is 2.89. The molecule has 0 heterocycles. The smallest absolute Gasteiger partial charge is 0.342 e. The van der Waals surface area contributed by atoms with Gasteiger partial charge in [0.25, 0.3) is 0 Å². The summed E-state index contributed by atoms with van der Waals surface area (Å²) < 4.78 is 78.5. The molecule has 1 saturated carbocycles. The Morgan fingerprint density at radius 3 is 1.76 bits per heavy atom. The average molecular weight is 319 g/mol. The molecule has 2 nitrogen and oxygen atoms in total. The highest BCUT2D eigenvalue weighted by atomic mass is 19.4. The summed E-state index contributed by atoms with van der Waals surface area (Å²) in [5.41, 5.74) is -4.31. The molecule has 0 saturated heterocycles. The zero-order chi connectivity index (χ0) is 16.5. The molecule has 1 aliphatic carbocycles. The zero-order valence-electron chi connectivity index (χ0n) is 11.9. The van der Waals surface area contributed by atoms with E-state index >= 15 is 0 Å². The second-order valence-electron chi connectivity index (χ2n) is 5.46. The predicted molar refractivity (Wildman–Crippen MR) is 64.5 cm³/mol. The number of carbonyl (C=O) groups is 1. The molecule has 21 heavy (non-hydrogen) atoms. The summed E-state index contributed by atoms with van der Waals surface area (Å²) in [5.74, 6) is -1.89. The van der Waals surface area contributed by atoms with Crippen molar-refractivity contribution in [2.75, 3.05) is 7.05 Å². The fraction of sp³-hybridized carbons (Fsp3) is 0.923. The molecule has 0 N–H and O–H groups in total. The molecule has 0 aromatic rings. The minimum atomic E-state index is -5.67. The molecule has 0 aliphatic heterocycles. The molecule has 8 heteroatoms. The minimum absolute atomic E-state index is 0.442. The predicted octanol–water partition coefficient (Wildman–Crippen LogP) is 4.30. The quantitative estimate of drug-likeness (QED) is 0.710. The van der Waals surface area contributed by atoms with Gasteiger partial charge in [-0.25, -0.2) is 0 Å². The molecule has 1 aliphatic rings. The van der Waals surface area contributed by atoms with Crippen LogP contribution in [0.4, 0.5) is 26.3 Å². The normalized spacial score (nSPS) is 18.7. The Bertz CT molecular complexity index is 356. The monoisotopic (exact) mass is 319 g/mol. The molecular formula is C13H19F6NO. The molecular weight excluding hydrogens is 300 g/mol. The van der Waals surface area contributed by atoms with Crippen LogP contribution >= 0.6 is 0 Å². The van der Waals surface area contributed by atoms with Crippen LogP contribution in [0.1, 0.15) is 45.4 Å². The van der Waals surface area contributed by atoms with Gasteiger partial charge < -0.3 is 4.90 Å². The van der Waals surface area contributed by atoms with E-state index < -0.39 is 36.1 Å². The van der Waals surface area contributed by atoms with Crippen molar-refractivity contribution in [2.24, 2.45) is 5.41 Å². The number of halogens is 6. The van der Waals surface area contributed by atoms with E-state index in [0.717, 1.165) is 20.4 Å². The van der Waals surface area contributed by atoms with Gasteiger partial charge in [0, 0.05) is 13.1 Å². The Kier molecular flexibility index (Phi) is 5.21. The maximum Gasteiger partial charge on any atom is 0.412 e.